The predicted octanol–water partition coefficient (Wildman–Crippen LogP) is 1.69. The Labute approximate surface area is 130 Å². The van der Waals surface area contributed by atoms with Crippen LogP contribution in [0.3, 0.4) is 0 Å². The SMILES string of the molecule is CCN1C(Cc2cccn2C)C(O)c2ccccc2S1(=O)=O. The maximum absolute atomic E-state index is 12.8. The number of rotatable bonds is 3. The topological polar surface area (TPSA) is 62.5 Å². The van der Waals surface area contributed by atoms with Gasteiger partial charge in [0.15, 0.2) is 0 Å². The number of aliphatic hydroxyl groups is 1. The first-order valence-corrected chi connectivity index (χ1v) is 8.80. The van der Waals surface area contributed by atoms with Crippen LogP contribution in [0.15, 0.2) is 47.5 Å². The van der Waals surface area contributed by atoms with Gasteiger partial charge in [0, 0.05) is 37.5 Å². The van der Waals surface area contributed by atoms with Crippen molar-refractivity contribution in [2.24, 2.45) is 7.05 Å². The van der Waals surface area contributed by atoms with Crippen molar-refractivity contribution in [1.82, 2.24) is 8.87 Å². The number of fused-ring (bicyclic) bond motifs is 1. The maximum atomic E-state index is 12.8. The van der Waals surface area contributed by atoms with Gasteiger partial charge >= 0.3 is 0 Å². The third kappa shape index (κ3) is 2.27. The second-order valence-corrected chi connectivity index (χ2v) is 7.43. The summed E-state index contributed by atoms with van der Waals surface area (Å²) in [5, 5.41) is 10.7. The highest BCUT2D eigenvalue weighted by Gasteiger charge is 2.42. The molecule has 22 heavy (non-hydrogen) atoms. The number of nitrogens with zero attached hydrogens (tertiary/aromatic N) is 2. The van der Waals surface area contributed by atoms with Gasteiger partial charge in [-0.05, 0) is 18.2 Å². The summed E-state index contributed by atoms with van der Waals surface area (Å²) >= 11 is 0. The molecule has 3 rings (SSSR count). The van der Waals surface area contributed by atoms with Gasteiger partial charge in [0.1, 0.15) is 0 Å². The summed E-state index contributed by atoms with van der Waals surface area (Å²) in [5.41, 5.74) is 1.49. The zero-order chi connectivity index (χ0) is 15.9. The zero-order valence-electron chi connectivity index (χ0n) is 12.7. The summed E-state index contributed by atoms with van der Waals surface area (Å²) in [5.74, 6) is 0. The molecular formula is C16H20N2O3S. The van der Waals surface area contributed by atoms with E-state index in [9.17, 15) is 13.5 Å². The molecule has 0 saturated carbocycles. The van der Waals surface area contributed by atoms with Crippen LogP contribution < -0.4 is 0 Å². The van der Waals surface area contributed by atoms with Gasteiger partial charge in [-0.1, -0.05) is 25.1 Å². The lowest BCUT2D eigenvalue weighted by Gasteiger charge is -2.38. The van der Waals surface area contributed by atoms with Crippen molar-refractivity contribution in [2.75, 3.05) is 6.54 Å². The van der Waals surface area contributed by atoms with Crippen molar-refractivity contribution >= 4 is 10.0 Å². The fourth-order valence-corrected chi connectivity index (χ4v) is 5.05. The third-order valence-corrected chi connectivity index (χ3v) is 6.41. The molecule has 1 aliphatic rings. The molecule has 0 saturated heterocycles. The molecule has 1 aromatic carbocycles. The van der Waals surface area contributed by atoms with E-state index < -0.39 is 22.2 Å². The van der Waals surface area contributed by atoms with Crippen molar-refractivity contribution in [3.8, 4) is 0 Å². The summed E-state index contributed by atoms with van der Waals surface area (Å²) < 4.78 is 29.0. The number of aliphatic hydroxyl groups excluding tert-OH is 1. The van der Waals surface area contributed by atoms with Crippen LogP contribution in [0.25, 0.3) is 0 Å². The first-order chi connectivity index (χ1) is 10.5. The van der Waals surface area contributed by atoms with E-state index in [-0.39, 0.29) is 4.90 Å². The van der Waals surface area contributed by atoms with Crippen molar-refractivity contribution in [2.45, 2.75) is 30.4 Å². The summed E-state index contributed by atoms with van der Waals surface area (Å²) in [6, 6.07) is 10.1. The van der Waals surface area contributed by atoms with Gasteiger partial charge in [0.25, 0.3) is 0 Å². The minimum Gasteiger partial charge on any atom is -0.387 e. The van der Waals surface area contributed by atoms with Crippen LogP contribution in [0.4, 0.5) is 0 Å². The molecule has 1 N–H and O–H groups in total. The number of hydrogen-bond acceptors (Lipinski definition) is 3. The first-order valence-electron chi connectivity index (χ1n) is 7.36. The van der Waals surface area contributed by atoms with Crippen LogP contribution in [0.1, 0.15) is 24.3 Å². The van der Waals surface area contributed by atoms with Gasteiger partial charge in [0.2, 0.25) is 10.0 Å². The van der Waals surface area contributed by atoms with Crippen LogP contribution in [0.5, 0.6) is 0 Å². The predicted molar refractivity (Wildman–Crippen MR) is 83.9 cm³/mol. The lowest BCUT2D eigenvalue weighted by Crippen LogP contribution is -2.49. The van der Waals surface area contributed by atoms with Gasteiger partial charge in [-0.3, -0.25) is 0 Å². The molecule has 2 unspecified atom stereocenters. The molecule has 0 fully saturated rings. The van der Waals surface area contributed by atoms with Gasteiger partial charge in [0.05, 0.1) is 17.0 Å². The number of aromatic nitrogens is 1. The third-order valence-electron chi connectivity index (χ3n) is 4.34. The molecule has 0 amide bonds. The van der Waals surface area contributed by atoms with Crippen LogP contribution in [0, 0.1) is 0 Å². The molecule has 1 aromatic heterocycles. The van der Waals surface area contributed by atoms with Crippen molar-refractivity contribution in [1.29, 1.82) is 0 Å². The molecule has 5 nitrogen and oxygen atoms in total. The van der Waals surface area contributed by atoms with E-state index in [1.54, 1.807) is 31.2 Å². The molecule has 118 valence electrons. The highest BCUT2D eigenvalue weighted by atomic mass is 32.2. The Morgan fingerprint density at radius 1 is 1.18 bits per heavy atom. The Hall–Kier alpha value is -1.63. The Kier molecular flexibility index (Phi) is 3.84. The van der Waals surface area contributed by atoms with Gasteiger partial charge < -0.3 is 9.67 Å². The van der Waals surface area contributed by atoms with Crippen molar-refractivity contribution in [3.63, 3.8) is 0 Å². The number of likely N-dealkylation sites (N-methyl/N-ethyl adjacent to an activating group) is 1. The molecular weight excluding hydrogens is 300 g/mol. The summed E-state index contributed by atoms with van der Waals surface area (Å²) in [4.78, 5) is 0.215. The molecule has 2 atom stereocenters. The lowest BCUT2D eigenvalue weighted by molar-refractivity contribution is 0.0808. The molecule has 0 aliphatic carbocycles. The van der Waals surface area contributed by atoms with Crippen molar-refractivity contribution in [3.05, 3.63) is 53.9 Å². The quantitative estimate of drug-likeness (QED) is 0.936. The van der Waals surface area contributed by atoms with E-state index in [4.69, 9.17) is 0 Å². The first kappa shape index (κ1) is 15.3. The molecule has 0 bridgehead atoms. The van der Waals surface area contributed by atoms with E-state index in [0.717, 1.165) is 5.69 Å². The Balaban J connectivity index is 2.09. The molecule has 2 aromatic rings. The molecule has 6 heteroatoms. The Morgan fingerprint density at radius 3 is 2.55 bits per heavy atom. The fraction of sp³-hybridized carbons (Fsp3) is 0.375. The van der Waals surface area contributed by atoms with Gasteiger partial charge in [-0.25, -0.2) is 8.42 Å². The highest BCUT2D eigenvalue weighted by Crippen LogP contribution is 2.37. The largest absolute Gasteiger partial charge is 0.387 e. The highest BCUT2D eigenvalue weighted by molar-refractivity contribution is 7.89. The second-order valence-electron chi connectivity index (χ2n) is 5.57. The number of aryl methyl sites for hydroxylation is 1. The minimum absolute atomic E-state index is 0.215. The van der Waals surface area contributed by atoms with Crippen LogP contribution in [-0.2, 0) is 23.5 Å². The maximum Gasteiger partial charge on any atom is 0.243 e. The smallest absolute Gasteiger partial charge is 0.243 e. The average Bonchev–Trinajstić information content (AvgIpc) is 2.90. The molecule has 1 aliphatic heterocycles. The average molecular weight is 320 g/mol. The fourth-order valence-electron chi connectivity index (χ4n) is 3.17. The Bertz CT molecular complexity index is 782. The molecule has 0 spiro atoms. The van der Waals surface area contributed by atoms with Crippen LogP contribution >= 0.6 is 0 Å². The van der Waals surface area contributed by atoms with Crippen LogP contribution in [0.2, 0.25) is 0 Å². The van der Waals surface area contributed by atoms with E-state index >= 15 is 0 Å². The lowest BCUT2D eigenvalue weighted by atomic mass is 9.97. The van der Waals surface area contributed by atoms with Gasteiger partial charge in [-0.15, -0.1) is 0 Å². The Morgan fingerprint density at radius 2 is 1.91 bits per heavy atom. The van der Waals surface area contributed by atoms with E-state index in [0.29, 0.717) is 18.5 Å². The summed E-state index contributed by atoms with van der Waals surface area (Å²) in [7, 11) is -1.65. The van der Waals surface area contributed by atoms with E-state index in [1.165, 1.54) is 4.31 Å². The van der Waals surface area contributed by atoms with Crippen molar-refractivity contribution < 1.29 is 13.5 Å². The second kappa shape index (κ2) is 5.53. The number of hydrogen-bond donors (Lipinski definition) is 1. The normalized spacial score (nSPS) is 24.1. The number of sulfonamides is 1. The van der Waals surface area contributed by atoms with Crippen LogP contribution in [-0.4, -0.2) is 35.0 Å². The van der Waals surface area contributed by atoms with Gasteiger partial charge in [-0.2, -0.15) is 4.31 Å². The standard InChI is InChI=1S/C16H20N2O3S/c1-3-18-14(11-12-7-6-10-17(12)2)16(19)13-8-4-5-9-15(13)22(18,20)21/h4-10,14,16,19H,3,11H2,1-2H3. The monoisotopic (exact) mass is 320 g/mol. The summed E-state index contributed by atoms with van der Waals surface area (Å²) in [6.45, 7) is 2.14. The molecule has 2 heterocycles. The van der Waals surface area contributed by atoms with E-state index in [1.807, 2.05) is 29.9 Å². The minimum atomic E-state index is -3.57. The van der Waals surface area contributed by atoms with E-state index in [2.05, 4.69) is 0 Å². The summed E-state index contributed by atoms with van der Waals surface area (Å²) in [6.07, 6.45) is 1.57. The number of benzene rings is 1. The molecule has 0 radical (unpaired) electrons. The zero-order valence-corrected chi connectivity index (χ0v) is 13.5.